The van der Waals surface area contributed by atoms with Gasteiger partial charge in [0, 0.05) is 26.1 Å². The highest BCUT2D eigenvalue weighted by Gasteiger charge is 2.14. The number of aryl methyl sites for hydroxylation is 2. The van der Waals surface area contributed by atoms with Crippen molar-refractivity contribution in [1.29, 1.82) is 0 Å². The zero-order valence-corrected chi connectivity index (χ0v) is 11.6. The highest BCUT2D eigenvalue weighted by Crippen LogP contribution is 2.23. The van der Waals surface area contributed by atoms with Crippen molar-refractivity contribution in [2.75, 3.05) is 20.6 Å². The zero-order chi connectivity index (χ0) is 13.3. The van der Waals surface area contributed by atoms with E-state index in [0.29, 0.717) is 6.54 Å². The van der Waals surface area contributed by atoms with Crippen LogP contribution in [0.2, 0.25) is 0 Å². The molecule has 0 spiro atoms. The van der Waals surface area contributed by atoms with Gasteiger partial charge in [-0.25, -0.2) is 4.98 Å². The molecule has 0 amide bonds. The number of fused-ring (bicyclic) bond motifs is 1. The number of imidazole rings is 1. The highest BCUT2D eigenvalue weighted by atomic mass is 15.1. The van der Waals surface area contributed by atoms with E-state index >= 15 is 0 Å². The van der Waals surface area contributed by atoms with Gasteiger partial charge in [-0.1, -0.05) is 13.0 Å². The molecule has 18 heavy (non-hydrogen) atoms. The van der Waals surface area contributed by atoms with E-state index in [2.05, 4.69) is 60.7 Å². The van der Waals surface area contributed by atoms with Gasteiger partial charge in [0.1, 0.15) is 5.82 Å². The number of hydrogen-bond donors (Lipinski definition) is 1. The second-order valence-electron chi connectivity index (χ2n) is 4.90. The number of rotatable bonds is 4. The Hall–Kier alpha value is -1.39. The Labute approximate surface area is 108 Å². The van der Waals surface area contributed by atoms with E-state index in [0.717, 1.165) is 17.8 Å². The maximum absolute atomic E-state index is 5.84. The molecule has 1 unspecified atom stereocenters. The molecular weight excluding hydrogens is 224 g/mol. The fourth-order valence-electron chi connectivity index (χ4n) is 2.44. The van der Waals surface area contributed by atoms with E-state index < -0.39 is 0 Å². The van der Waals surface area contributed by atoms with E-state index in [-0.39, 0.29) is 6.04 Å². The summed E-state index contributed by atoms with van der Waals surface area (Å²) in [4.78, 5) is 6.81. The molecule has 2 rings (SSSR count). The Kier molecular flexibility index (Phi) is 3.68. The average Bonchev–Trinajstić information content (AvgIpc) is 2.66. The van der Waals surface area contributed by atoms with Gasteiger partial charge in [-0.2, -0.15) is 0 Å². The molecule has 0 saturated carbocycles. The Balaban J connectivity index is 2.50. The van der Waals surface area contributed by atoms with Crippen LogP contribution in [0.15, 0.2) is 18.2 Å². The number of nitrogens with zero attached hydrogens (tertiary/aromatic N) is 3. The lowest BCUT2D eigenvalue weighted by molar-refractivity contribution is 0.306. The Morgan fingerprint density at radius 1 is 1.39 bits per heavy atom. The molecule has 4 heteroatoms. The summed E-state index contributed by atoms with van der Waals surface area (Å²) in [6.07, 6.45) is 0.953. The molecule has 0 aliphatic rings. The monoisotopic (exact) mass is 246 g/mol. The van der Waals surface area contributed by atoms with Crippen LogP contribution in [0.4, 0.5) is 0 Å². The fourth-order valence-corrected chi connectivity index (χ4v) is 2.44. The van der Waals surface area contributed by atoms with Gasteiger partial charge in [0.2, 0.25) is 0 Å². The number of nitrogens with two attached hydrogens (primary N) is 1. The smallest absolute Gasteiger partial charge is 0.109 e. The molecule has 0 saturated heterocycles. The number of likely N-dealkylation sites (N-methyl/N-ethyl adjacent to an activating group) is 1. The summed E-state index contributed by atoms with van der Waals surface area (Å²) in [6, 6.07) is 6.71. The van der Waals surface area contributed by atoms with E-state index in [4.69, 9.17) is 5.73 Å². The summed E-state index contributed by atoms with van der Waals surface area (Å²) < 4.78 is 2.16. The average molecular weight is 246 g/mol. The second-order valence-corrected chi connectivity index (χ2v) is 4.90. The van der Waals surface area contributed by atoms with E-state index in [9.17, 15) is 0 Å². The molecule has 0 fully saturated rings. The zero-order valence-electron chi connectivity index (χ0n) is 11.6. The number of aromatic nitrogens is 2. The Morgan fingerprint density at radius 3 is 2.67 bits per heavy atom. The molecule has 0 radical (unpaired) electrons. The van der Waals surface area contributed by atoms with Gasteiger partial charge < -0.3 is 15.2 Å². The van der Waals surface area contributed by atoms with Crippen LogP contribution in [-0.4, -0.2) is 35.1 Å². The van der Waals surface area contributed by atoms with Crippen LogP contribution >= 0.6 is 0 Å². The molecule has 1 atom stereocenters. The van der Waals surface area contributed by atoms with Crippen molar-refractivity contribution in [3.05, 3.63) is 29.6 Å². The highest BCUT2D eigenvalue weighted by molar-refractivity contribution is 5.77. The van der Waals surface area contributed by atoms with Crippen molar-refractivity contribution in [2.24, 2.45) is 12.8 Å². The van der Waals surface area contributed by atoms with E-state index in [1.54, 1.807) is 0 Å². The first kappa shape index (κ1) is 13.1. The first-order valence-corrected chi connectivity index (χ1v) is 6.40. The van der Waals surface area contributed by atoms with Crippen molar-refractivity contribution in [2.45, 2.75) is 19.4 Å². The molecular formula is C14H22N4. The molecule has 0 aliphatic heterocycles. The topological polar surface area (TPSA) is 47.1 Å². The Bertz CT molecular complexity index is 542. The largest absolute Gasteiger partial charge is 0.331 e. The molecule has 4 nitrogen and oxygen atoms in total. The van der Waals surface area contributed by atoms with Crippen molar-refractivity contribution >= 4 is 11.0 Å². The van der Waals surface area contributed by atoms with E-state index in [1.165, 1.54) is 11.1 Å². The van der Waals surface area contributed by atoms with Crippen LogP contribution in [0.3, 0.4) is 0 Å². The molecule has 2 aromatic rings. The van der Waals surface area contributed by atoms with Crippen LogP contribution in [-0.2, 0) is 13.5 Å². The Morgan fingerprint density at radius 2 is 2.11 bits per heavy atom. The molecule has 0 bridgehead atoms. The summed E-state index contributed by atoms with van der Waals surface area (Å²) in [5, 5.41) is 0. The SMILES string of the molecule is CCc1nc2cc(C(CN)N(C)C)ccc2n1C. The maximum atomic E-state index is 5.84. The van der Waals surface area contributed by atoms with Crippen molar-refractivity contribution in [3.8, 4) is 0 Å². The molecule has 98 valence electrons. The minimum Gasteiger partial charge on any atom is -0.331 e. The van der Waals surface area contributed by atoms with Gasteiger partial charge in [0.25, 0.3) is 0 Å². The van der Waals surface area contributed by atoms with Crippen LogP contribution < -0.4 is 5.73 Å². The number of hydrogen-bond acceptors (Lipinski definition) is 3. The van der Waals surface area contributed by atoms with Crippen molar-refractivity contribution in [1.82, 2.24) is 14.5 Å². The fraction of sp³-hybridized carbons (Fsp3) is 0.500. The minimum atomic E-state index is 0.251. The van der Waals surface area contributed by atoms with Crippen molar-refractivity contribution in [3.63, 3.8) is 0 Å². The van der Waals surface area contributed by atoms with Gasteiger partial charge in [-0.15, -0.1) is 0 Å². The summed E-state index contributed by atoms with van der Waals surface area (Å²) >= 11 is 0. The van der Waals surface area contributed by atoms with Gasteiger partial charge in [-0.3, -0.25) is 0 Å². The lowest BCUT2D eigenvalue weighted by atomic mass is 10.1. The molecule has 2 N–H and O–H groups in total. The van der Waals surface area contributed by atoms with Gasteiger partial charge in [0.05, 0.1) is 11.0 Å². The van der Waals surface area contributed by atoms with Crippen LogP contribution in [0, 0.1) is 0 Å². The molecule has 1 heterocycles. The second kappa shape index (κ2) is 5.08. The predicted octanol–water partition coefficient (Wildman–Crippen LogP) is 1.70. The molecule has 1 aromatic carbocycles. The normalized spacial score (nSPS) is 13.4. The summed E-state index contributed by atoms with van der Waals surface area (Å²) in [7, 11) is 6.18. The molecule has 1 aromatic heterocycles. The third-order valence-electron chi connectivity index (χ3n) is 3.55. The maximum Gasteiger partial charge on any atom is 0.109 e. The summed E-state index contributed by atoms with van der Waals surface area (Å²) in [6.45, 7) is 2.75. The van der Waals surface area contributed by atoms with Gasteiger partial charge in [-0.05, 0) is 31.8 Å². The summed E-state index contributed by atoms with van der Waals surface area (Å²) in [5.41, 5.74) is 9.32. The minimum absolute atomic E-state index is 0.251. The van der Waals surface area contributed by atoms with Crippen LogP contribution in [0.5, 0.6) is 0 Å². The third kappa shape index (κ3) is 2.13. The molecule has 0 aliphatic carbocycles. The standard InChI is InChI=1S/C14H22N4/c1-5-14-16-11-8-10(13(9-15)17(2)3)6-7-12(11)18(14)4/h6-8,13H,5,9,15H2,1-4H3. The van der Waals surface area contributed by atoms with Crippen LogP contribution in [0.25, 0.3) is 11.0 Å². The predicted molar refractivity (Wildman–Crippen MR) is 75.6 cm³/mol. The third-order valence-corrected chi connectivity index (χ3v) is 3.55. The summed E-state index contributed by atoms with van der Waals surface area (Å²) in [5.74, 6) is 1.12. The van der Waals surface area contributed by atoms with Crippen molar-refractivity contribution < 1.29 is 0 Å². The quantitative estimate of drug-likeness (QED) is 0.893. The number of benzene rings is 1. The van der Waals surface area contributed by atoms with Gasteiger partial charge in [0.15, 0.2) is 0 Å². The lowest BCUT2D eigenvalue weighted by Gasteiger charge is -2.22. The van der Waals surface area contributed by atoms with Crippen LogP contribution in [0.1, 0.15) is 24.4 Å². The first-order chi connectivity index (χ1) is 8.58. The lowest BCUT2D eigenvalue weighted by Crippen LogP contribution is -2.27. The first-order valence-electron chi connectivity index (χ1n) is 6.40. The van der Waals surface area contributed by atoms with Gasteiger partial charge >= 0.3 is 0 Å². The van der Waals surface area contributed by atoms with E-state index in [1.807, 2.05) is 0 Å².